The Bertz CT molecular complexity index is 119. The molecule has 0 amide bonds. The average Bonchev–Trinajstić information content (AvgIpc) is 1.88. The van der Waals surface area contributed by atoms with Crippen molar-refractivity contribution in [2.24, 2.45) is 11.7 Å². The van der Waals surface area contributed by atoms with E-state index in [0.29, 0.717) is 4.99 Å². The molecule has 1 saturated heterocycles. The van der Waals surface area contributed by atoms with Crippen LogP contribution < -0.4 is 11.1 Å². The molecule has 0 aromatic heterocycles. The predicted octanol–water partition coefficient (Wildman–Crippen LogP) is 0.662. The maximum atomic E-state index is 5.43. The molecular weight excluding hydrogens is 144 g/mol. The lowest BCUT2D eigenvalue weighted by Gasteiger charge is -2.21. The predicted molar refractivity (Wildman–Crippen MR) is 47.0 cm³/mol. The summed E-state index contributed by atoms with van der Waals surface area (Å²) in [5, 5.41) is 3.30. The van der Waals surface area contributed by atoms with E-state index in [4.69, 9.17) is 18.0 Å². The second kappa shape index (κ2) is 3.88. The largest absolute Gasteiger partial charge is 0.393 e. The third-order valence-corrected chi connectivity index (χ3v) is 2.12. The molecule has 0 radical (unpaired) electrons. The third-order valence-electron chi connectivity index (χ3n) is 1.95. The van der Waals surface area contributed by atoms with Gasteiger partial charge in [0.05, 0.1) is 4.99 Å². The molecule has 10 heavy (non-hydrogen) atoms. The highest BCUT2D eigenvalue weighted by Crippen LogP contribution is 2.15. The smallest absolute Gasteiger partial charge is 0.0730 e. The average molecular weight is 158 g/mol. The molecule has 1 heterocycles. The van der Waals surface area contributed by atoms with E-state index in [9.17, 15) is 0 Å². The van der Waals surface area contributed by atoms with Crippen LogP contribution in [0.4, 0.5) is 0 Å². The standard InChI is InChI=1S/C7H14N2S/c8-7(10)5-6-1-3-9-4-2-6/h6,9H,1-5H2,(H2,8,10). The number of hydrogen-bond acceptors (Lipinski definition) is 2. The Morgan fingerprint density at radius 3 is 2.60 bits per heavy atom. The molecule has 2 nitrogen and oxygen atoms in total. The summed E-state index contributed by atoms with van der Waals surface area (Å²) in [5.41, 5.74) is 5.43. The number of nitrogens with two attached hydrogens (primary N) is 1. The van der Waals surface area contributed by atoms with Gasteiger partial charge in [-0.15, -0.1) is 0 Å². The molecule has 58 valence electrons. The lowest BCUT2D eigenvalue weighted by atomic mass is 9.95. The van der Waals surface area contributed by atoms with E-state index in [0.717, 1.165) is 25.4 Å². The molecule has 0 aliphatic carbocycles. The van der Waals surface area contributed by atoms with Gasteiger partial charge >= 0.3 is 0 Å². The summed E-state index contributed by atoms with van der Waals surface area (Å²) < 4.78 is 0. The van der Waals surface area contributed by atoms with Gasteiger partial charge in [-0.1, -0.05) is 12.2 Å². The van der Waals surface area contributed by atoms with Gasteiger partial charge in [0.25, 0.3) is 0 Å². The minimum atomic E-state index is 0.673. The summed E-state index contributed by atoms with van der Waals surface area (Å²) in [6.45, 7) is 2.26. The zero-order chi connectivity index (χ0) is 7.40. The van der Waals surface area contributed by atoms with Crippen LogP contribution >= 0.6 is 12.2 Å². The Balaban J connectivity index is 2.19. The number of piperidine rings is 1. The molecule has 0 aromatic carbocycles. The van der Waals surface area contributed by atoms with Gasteiger partial charge in [0, 0.05) is 6.42 Å². The monoisotopic (exact) mass is 158 g/mol. The molecular formula is C7H14N2S. The van der Waals surface area contributed by atoms with E-state index in [1.54, 1.807) is 0 Å². The maximum Gasteiger partial charge on any atom is 0.0730 e. The molecule has 1 rings (SSSR count). The second-order valence-electron chi connectivity index (χ2n) is 2.86. The minimum absolute atomic E-state index is 0.673. The lowest BCUT2D eigenvalue weighted by molar-refractivity contribution is 0.385. The number of rotatable bonds is 2. The van der Waals surface area contributed by atoms with Crippen molar-refractivity contribution in [3.8, 4) is 0 Å². The topological polar surface area (TPSA) is 38.0 Å². The molecule has 0 bridgehead atoms. The zero-order valence-electron chi connectivity index (χ0n) is 6.10. The fourth-order valence-electron chi connectivity index (χ4n) is 1.37. The Hall–Kier alpha value is -0.150. The molecule has 0 unspecified atom stereocenters. The van der Waals surface area contributed by atoms with Gasteiger partial charge in [-0.05, 0) is 31.8 Å². The maximum absolute atomic E-state index is 5.43. The molecule has 0 saturated carbocycles. The highest BCUT2D eigenvalue weighted by molar-refractivity contribution is 7.80. The Morgan fingerprint density at radius 1 is 1.50 bits per heavy atom. The van der Waals surface area contributed by atoms with Gasteiger partial charge in [0.2, 0.25) is 0 Å². The van der Waals surface area contributed by atoms with E-state index >= 15 is 0 Å². The van der Waals surface area contributed by atoms with Crippen molar-refractivity contribution in [2.75, 3.05) is 13.1 Å². The summed E-state index contributed by atoms with van der Waals surface area (Å²) in [4.78, 5) is 0.673. The fraction of sp³-hybridized carbons (Fsp3) is 0.857. The number of thiocarbonyl (C=S) groups is 1. The lowest BCUT2D eigenvalue weighted by Crippen LogP contribution is -2.29. The first-order valence-electron chi connectivity index (χ1n) is 3.78. The van der Waals surface area contributed by atoms with Gasteiger partial charge in [-0.3, -0.25) is 0 Å². The van der Waals surface area contributed by atoms with Gasteiger partial charge in [0.15, 0.2) is 0 Å². The molecule has 3 heteroatoms. The van der Waals surface area contributed by atoms with Gasteiger partial charge in [-0.25, -0.2) is 0 Å². The summed E-state index contributed by atoms with van der Waals surface area (Å²) >= 11 is 4.83. The van der Waals surface area contributed by atoms with Gasteiger partial charge < -0.3 is 11.1 Å². The van der Waals surface area contributed by atoms with Crippen LogP contribution in [0.1, 0.15) is 19.3 Å². The van der Waals surface area contributed by atoms with Crippen LogP contribution in [0.15, 0.2) is 0 Å². The quantitative estimate of drug-likeness (QED) is 0.580. The van der Waals surface area contributed by atoms with Crippen molar-refractivity contribution in [2.45, 2.75) is 19.3 Å². The van der Waals surface area contributed by atoms with Gasteiger partial charge in [0.1, 0.15) is 0 Å². The summed E-state index contributed by atoms with van der Waals surface area (Å²) in [6.07, 6.45) is 3.41. The first kappa shape index (κ1) is 7.95. The van der Waals surface area contributed by atoms with E-state index < -0.39 is 0 Å². The van der Waals surface area contributed by atoms with E-state index in [-0.39, 0.29) is 0 Å². The van der Waals surface area contributed by atoms with Crippen LogP contribution in [0, 0.1) is 5.92 Å². The van der Waals surface area contributed by atoms with Crippen molar-refractivity contribution in [1.82, 2.24) is 5.32 Å². The third kappa shape index (κ3) is 2.62. The molecule has 0 atom stereocenters. The molecule has 0 aromatic rings. The summed E-state index contributed by atoms with van der Waals surface area (Å²) in [6, 6.07) is 0. The molecule has 3 N–H and O–H groups in total. The van der Waals surface area contributed by atoms with E-state index in [1.807, 2.05) is 0 Å². The molecule has 0 spiro atoms. The number of hydrogen-bond donors (Lipinski definition) is 2. The first-order chi connectivity index (χ1) is 4.79. The number of nitrogens with one attached hydrogen (secondary N) is 1. The molecule has 1 fully saturated rings. The Labute approximate surface area is 67.2 Å². The summed E-state index contributed by atoms with van der Waals surface area (Å²) in [5.74, 6) is 0.749. The zero-order valence-corrected chi connectivity index (χ0v) is 6.91. The summed E-state index contributed by atoms with van der Waals surface area (Å²) in [7, 11) is 0. The van der Waals surface area contributed by atoms with Crippen LogP contribution in [0.2, 0.25) is 0 Å². The first-order valence-corrected chi connectivity index (χ1v) is 4.19. The van der Waals surface area contributed by atoms with Crippen molar-refractivity contribution in [3.05, 3.63) is 0 Å². The minimum Gasteiger partial charge on any atom is -0.393 e. The Kier molecular flexibility index (Phi) is 3.09. The van der Waals surface area contributed by atoms with E-state index in [1.165, 1.54) is 12.8 Å². The van der Waals surface area contributed by atoms with Gasteiger partial charge in [-0.2, -0.15) is 0 Å². The van der Waals surface area contributed by atoms with Crippen LogP contribution in [0.25, 0.3) is 0 Å². The molecule has 1 aliphatic rings. The highest BCUT2D eigenvalue weighted by Gasteiger charge is 2.12. The van der Waals surface area contributed by atoms with Crippen LogP contribution in [0.3, 0.4) is 0 Å². The highest BCUT2D eigenvalue weighted by atomic mass is 32.1. The molecule has 1 aliphatic heterocycles. The van der Waals surface area contributed by atoms with Crippen LogP contribution in [0.5, 0.6) is 0 Å². The Morgan fingerprint density at radius 2 is 2.10 bits per heavy atom. The van der Waals surface area contributed by atoms with Crippen molar-refractivity contribution < 1.29 is 0 Å². The van der Waals surface area contributed by atoms with Crippen molar-refractivity contribution in [3.63, 3.8) is 0 Å². The van der Waals surface area contributed by atoms with Crippen LogP contribution in [-0.2, 0) is 0 Å². The second-order valence-corrected chi connectivity index (χ2v) is 3.39. The van der Waals surface area contributed by atoms with E-state index in [2.05, 4.69) is 5.32 Å². The van der Waals surface area contributed by atoms with Crippen molar-refractivity contribution in [1.29, 1.82) is 0 Å². The van der Waals surface area contributed by atoms with Crippen molar-refractivity contribution >= 4 is 17.2 Å². The fourth-order valence-corrected chi connectivity index (χ4v) is 1.61. The normalized spacial score (nSPS) is 20.8. The van der Waals surface area contributed by atoms with Crippen LogP contribution in [-0.4, -0.2) is 18.1 Å². The SMILES string of the molecule is NC(=S)CC1CCNCC1.